The summed E-state index contributed by atoms with van der Waals surface area (Å²) in [7, 11) is 1.55. The van der Waals surface area contributed by atoms with Gasteiger partial charge < -0.3 is 10.3 Å². The number of anilines is 1. The highest BCUT2D eigenvalue weighted by atomic mass is 16.2. The molecule has 0 spiro atoms. The van der Waals surface area contributed by atoms with E-state index in [4.69, 9.17) is 11.0 Å². The zero-order valence-electron chi connectivity index (χ0n) is 10.9. The molecule has 0 aliphatic carbocycles. The van der Waals surface area contributed by atoms with Crippen molar-refractivity contribution < 1.29 is 0 Å². The Kier molecular flexibility index (Phi) is 3.96. The van der Waals surface area contributed by atoms with E-state index in [1.54, 1.807) is 7.05 Å². The van der Waals surface area contributed by atoms with Gasteiger partial charge in [0.15, 0.2) is 0 Å². The first-order valence-electron chi connectivity index (χ1n) is 5.76. The van der Waals surface area contributed by atoms with E-state index < -0.39 is 11.0 Å². The van der Waals surface area contributed by atoms with Crippen LogP contribution in [0.15, 0.2) is 15.8 Å². The van der Waals surface area contributed by atoms with E-state index in [2.05, 4.69) is 6.07 Å². The van der Waals surface area contributed by atoms with Crippen molar-refractivity contribution in [2.24, 2.45) is 12.5 Å². The van der Waals surface area contributed by atoms with Crippen LogP contribution in [0.1, 0.15) is 26.7 Å². The summed E-state index contributed by atoms with van der Waals surface area (Å²) in [5.74, 6) is 0. The molecule has 18 heavy (non-hydrogen) atoms. The minimum atomic E-state index is -0.465. The highest BCUT2D eigenvalue weighted by Gasteiger charge is 2.16. The summed E-state index contributed by atoms with van der Waals surface area (Å²) < 4.78 is 2.40. The Morgan fingerprint density at radius 2 is 2.06 bits per heavy atom. The maximum atomic E-state index is 11.8. The fraction of sp³-hybridized carbons (Fsp3) is 0.583. The van der Waals surface area contributed by atoms with Crippen molar-refractivity contribution in [2.75, 3.05) is 5.73 Å². The van der Waals surface area contributed by atoms with Crippen LogP contribution in [0.2, 0.25) is 0 Å². The van der Waals surface area contributed by atoms with E-state index in [-0.39, 0.29) is 17.9 Å². The molecule has 98 valence electrons. The SMILES string of the molecule is Cn1cc(N)c(=O)n(CCCC(C)(C)C#N)c1=O. The van der Waals surface area contributed by atoms with Gasteiger partial charge in [-0.05, 0) is 26.7 Å². The maximum absolute atomic E-state index is 11.8. The Hall–Kier alpha value is -2.03. The van der Waals surface area contributed by atoms with Crippen LogP contribution in [-0.4, -0.2) is 9.13 Å². The molecule has 0 aromatic carbocycles. The van der Waals surface area contributed by atoms with Crippen LogP contribution in [-0.2, 0) is 13.6 Å². The molecule has 0 aliphatic rings. The molecule has 1 rings (SSSR count). The molecule has 0 saturated carbocycles. The lowest BCUT2D eigenvalue weighted by Gasteiger charge is -2.15. The van der Waals surface area contributed by atoms with Crippen molar-refractivity contribution in [1.82, 2.24) is 9.13 Å². The monoisotopic (exact) mass is 250 g/mol. The average Bonchev–Trinajstić information content (AvgIpc) is 2.31. The van der Waals surface area contributed by atoms with Crippen molar-refractivity contribution in [2.45, 2.75) is 33.2 Å². The fourth-order valence-corrected chi connectivity index (χ4v) is 1.68. The van der Waals surface area contributed by atoms with Gasteiger partial charge in [0.05, 0.1) is 11.5 Å². The molecule has 1 aromatic rings. The van der Waals surface area contributed by atoms with E-state index in [0.717, 1.165) is 4.57 Å². The first kappa shape index (κ1) is 14.0. The molecule has 0 bridgehead atoms. The van der Waals surface area contributed by atoms with Gasteiger partial charge in [0.2, 0.25) is 0 Å². The smallest absolute Gasteiger partial charge is 0.330 e. The van der Waals surface area contributed by atoms with Gasteiger partial charge in [-0.25, -0.2) is 4.79 Å². The third-order valence-electron chi connectivity index (χ3n) is 2.84. The predicted octanol–water partition coefficient (Wildman–Crippen LogP) is 0.459. The number of nitriles is 1. The fourth-order valence-electron chi connectivity index (χ4n) is 1.68. The van der Waals surface area contributed by atoms with Crippen LogP contribution in [0.3, 0.4) is 0 Å². The number of nitrogens with zero attached hydrogens (tertiary/aromatic N) is 3. The van der Waals surface area contributed by atoms with Gasteiger partial charge in [0, 0.05) is 19.8 Å². The molecular formula is C12H18N4O2. The van der Waals surface area contributed by atoms with Gasteiger partial charge >= 0.3 is 5.69 Å². The second-order valence-corrected chi connectivity index (χ2v) is 5.03. The molecule has 1 aromatic heterocycles. The Balaban J connectivity index is 2.91. The molecule has 6 heteroatoms. The molecule has 6 nitrogen and oxygen atoms in total. The standard InChI is InChI=1S/C12H18N4O2/c1-12(2,8-13)5-4-6-16-10(17)9(14)7-15(3)11(16)18/h7H,4-6,14H2,1-3H3. The highest BCUT2D eigenvalue weighted by Crippen LogP contribution is 2.20. The van der Waals surface area contributed by atoms with E-state index >= 15 is 0 Å². The number of nitrogens with two attached hydrogens (primary N) is 1. The van der Waals surface area contributed by atoms with Gasteiger partial charge in [0.25, 0.3) is 5.56 Å². The Morgan fingerprint density at radius 3 is 2.61 bits per heavy atom. The Labute approximate surface area is 105 Å². The van der Waals surface area contributed by atoms with E-state index in [0.29, 0.717) is 12.8 Å². The molecule has 0 unspecified atom stereocenters. The zero-order valence-corrected chi connectivity index (χ0v) is 10.9. The number of hydrogen-bond donors (Lipinski definition) is 1. The molecule has 0 amide bonds. The largest absolute Gasteiger partial charge is 0.393 e. The van der Waals surface area contributed by atoms with Crippen molar-refractivity contribution in [1.29, 1.82) is 5.26 Å². The van der Waals surface area contributed by atoms with Crippen LogP contribution in [0, 0.1) is 16.7 Å². The number of aromatic nitrogens is 2. The Bertz CT molecular complexity index is 555. The lowest BCUT2D eigenvalue weighted by atomic mass is 9.90. The lowest BCUT2D eigenvalue weighted by Crippen LogP contribution is -2.39. The molecular weight excluding hydrogens is 232 g/mol. The predicted molar refractivity (Wildman–Crippen MR) is 69.0 cm³/mol. The number of nitrogen functional groups attached to an aromatic ring is 1. The molecule has 0 saturated heterocycles. The van der Waals surface area contributed by atoms with Gasteiger partial charge in [-0.2, -0.15) is 5.26 Å². The van der Waals surface area contributed by atoms with Crippen LogP contribution < -0.4 is 17.0 Å². The number of rotatable bonds is 4. The summed E-state index contributed by atoms with van der Waals surface area (Å²) in [6.45, 7) is 3.93. The topological polar surface area (TPSA) is 93.8 Å². The summed E-state index contributed by atoms with van der Waals surface area (Å²) in [5.41, 5.74) is 4.28. The molecule has 1 heterocycles. The van der Waals surface area contributed by atoms with Gasteiger partial charge in [0.1, 0.15) is 5.69 Å². The lowest BCUT2D eigenvalue weighted by molar-refractivity contribution is 0.407. The number of hydrogen-bond acceptors (Lipinski definition) is 4. The molecule has 2 N–H and O–H groups in total. The van der Waals surface area contributed by atoms with Crippen LogP contribution in [0.4, 0.5) is 5.69 Å². The molecule has 0 fully saturated rings. The molecule has 0 aliphatic heterocycles. The van der Waals surface area contributed by atoms with Crippen molar-refractivity contribution in [3.63, 3.8) is 0 Å². The normalized spacial score (nSPS) is 11.2. The zero-order chi connectivity index (χ0) is 13.9. The van der Waals surface area contributed by atoms with Crippen molar-refractivity contribution in [3.05, 3.63) is 27.0 Å². The number of aryl methyl sites for hydroxylation is 1. The maximum Gasteiger partial charge on any atom is 0.330 e. The molecule has 0 atom stereocenters. The summed E-state index contributed by atoms with van der Waals surface area (Å²) in [6.07, 6.45) is 2.52. The summed E-state index contributed by atoms with van der Waals surface area (Å²) in [4.78, 5) is 23.5. The average molecular weight is 250 g/mol. The van der Waals surface area contributed by atoms with Gasteiger partial charge in [-0.1, -0.05) is 0 Å². The van der Waals surface area contributed by atoms with Crippen molar-refractivity contribution >= 4 is 5.69 Å². The minimum absolute atomic E-state index is 0.0524. The van der Waals surface area contributed by atoms with Crippen LogP contribution >= 0.6 is 0 Å². The summed E-state index contributed by atoms with van der Waals surface area (Å²) in [5, 5.41) is 8.88. The van der Waals surface area contributed by atoms with Gasteiger partial charge in [-0.15, -0.1) is 0 Å². The Morgan fingerprint density at radius 1 is 1.44 bits per heavy atom. The highest BCUT2D eigenvalue weighted by molar-refractivity contribution is 5.30. The van der Waals surface area contributed by atoms with E-state index in [9.17, 15) is 9.59 Å². The summed E-state index contributed by atoms with van der Waals surface area (Å²) >= 11 is 0. The third kappa shape index (κ3) is 3.00. The molecule has 0 radical (unpaired) electrons. The van der Waals surface area contributed by atoms with E-state index in [1.165, 1.54) is 10.8 Å². The van der Waals surface area contributed by atoms with Crippen molar-refractivity contribution in [3.8, 4) is 6.07 Å². The third-order valence-corrected chi connectivity index (χ3v) is 2.84. The van der Waals surface area contributed by atoms with Crippen LogP contribution in [0.5, 0.6) is 0 Å². The second-order valence-electron chi connectivity index (χ2n) is 5.03. The van der Waals surface area contributed by atoms with E-state index in [1.807, 2.05) is 13.8 Å². The van der Waals surface area contributed by atoms with Crippen LogP contribution in [0.25, 0.3) is 0 Å². The minimum Gasteiger partial charge on any atom is -0.393 e. The first-order valence-corrected chi connectivity index (χ1v) is 5.76. The first-order chi connectivity index (χ1) is 8.28. The second kappa shape index (κ2) is 5.08. The summed E-state index contributed by atoms with van der Waals surface area (Å²) in [6, 6.07) is 2.18. The van der Waals surface area contributed by atoms with Gasteiger partial charge in [-0.3, -0.25) is 9.36 Å². The quantitative estimate of drug-likeness (QED) is 0.839.